The molecule has 2 amide bonds. The van der Waals surface area contributed by atoms with Gasteiger partial charge < -0.3 is 36.6 Å². The number of hydrogen-bond acceptors (Lipinski definition) is 13. The van der Waals surface area contributed by atoms with E-state index in [-0.39, 0.29) is 11.3 Å². The fourth-order valence-electron chi connectivity index (χ4n) is 6.58. The molecule has 0 bridgehead atoms. The van der Waals surface area contributed by atoms with E-state index in [2.05, 4.69) is 113 Å². The van der Waals surface area contributed by atoms with E-state index in [1.165, 1.54) is 47.0 Å². The lowest BCUT2D eigenvalue weighted by Crippen LogP contribution is -2.52. The van der Waals surface area contributed by atoms with Gasteiger partial charge in [0.25, 0.3) is 17.5 Å². The average Bonchev–Trinajstić information content (AvgIpc) is 3.66. The highest BCUT2D eigenvalue weighted by atomic mass is 32.2. The molecular formula is C36H62N4O8S4Si6. The normalized spacial score (nSPS) is 14.7. The van der Waals surface area contributed by atoms with Crippen LogP contribution >= 0.6 is 47.0 Å². The van der Waals surface area contributed by atoms with Gasteiger partial charge in [-0.05, 0) is 117 Å². The molecule has 12 nitrogen and oxygen atoms in total. The molecule has 0 spiro atoms. The molecule has 2 N–H and O–H groups in total. The number of ether oxygens (including phenoxy) is 2. The topological polar surface area (TPSA) is 142 Å². The molecule has 0 saturated carbocycles. The molecule has 3 rings (SSSR count). The first kappa shape index (κ1) is 51.1. The molecule has 0 unspecified atom stereocenters. The van der Waals surface area contributed by atoms with Crippen LogP contribution in [0, 0.1) is 17.9 Å². The summed E-state index contributed by atoms with van der Waals surface area (Å²) in [6.07, 6.45) is 1.35. The Hall–Kier alpha value is -1.24. The molecule has 0 aromatic heterocycles. The largest absolute Gasteiger partial charge is 0.494 e. The summed E-state index contributed by atoms with van der Waals surface area (Å²) in [5.74, 6) is 0.187. The third-order valence-corrected chi connectivity index (χ3v) is 32.2. The molecule has 322 valence electrons. The van der Waals surface area contributed by atoms with Gasteiger partial charge in [-0.25, -0.2) is 4.85 Å². The molecule has 0 fully saturated rings. The second-order valence-electron chi connectivity index (χ2n) is 18.2. The fourth-order valence-corrected chi connectivity index (χ4v) is 37.2. The Morgan fingerprint density at radius 2 is 0.931 bits per heavy atom. The maximum Gasteiger partial charge on any atom is 0.314 e. The zero-order valence-electron chi connectivity index (χ0n) is 37.0. The van der Waals surface area contributed by atoms with Crippen molar-refractivity contribution in [2.24, 2.45) is 0 Å². The van der Waals surface area contributed by atoms with Crippen LogP contribution in [0.25, 0.3) is 4.85 Å². The third kappa shape index (κ3) is 15.0. The second kappa shape index (κ2) is 20.3. The van der Waals surface area contributed by atoms with Gasteiger partial charge in [0.05, 0.1) is 48.8 Å². The number of nitriles is 1. The van der Waals surface area contributed by atoms with Crippen molar-refractivity contribution in [3.8, 4) is 17.6 Å². The highest BCUT2D eigenvalue weighted by Crippen LogP contribution is 2.68. The van der Waals surface area contributed by atoms with E-state index in [1.54, 1.807) is 14.2 Å². The number of nitrogens with one attached hydrogen (secondary N) is 2. The zero-order chi connectivity index (χ0) is 44.1. The Bertz CT molecular complexity index is 1670. The summed E-state index contributed by atoms with van der Waals surface area (Å²) in [6, 6.07) is 3.61. The number of carbonyl (C=O) groups is 2. The van der Waals surface area contributed by atoms with Gasteiger partial charge in [0.2, 0.25) is 0 Å². The van der Waals surface area contributed by atoms with Gasteiger partial charge in [0, 0.05) is 13.1 Å². The van der Waals surface area contributed by atoms with Crippen molar-refractivity contribution >= 4 is 109 Å². The van der Waals surface area contributed by atoms with Gasteiger partial charge in [-0.3, -0.25) is 9.59 Å². The molecule has 0 radical (unpaired) electrons. The van der Waals surface area contributed by atoms with E-state index in [1.807, 2.05) is 0 Å². The van der Waals surface area contributed by atoms with Crippen LogP contribution in [0.5, 0.6) is 11.5 Å². The first-order valence-corrected chi connectivity index (χ1v) is 41.2. The van der Waals surface area contributed by atoms with Gasteiger partial charge in [-0.2, -0.15) is 5.26 Å². The summed E-state index contributed by atoms with van der Waals surface area (Å²) in [4.78, 5) is 33.5. The monoisotopic (exact) mass is 974 g/mol. The van der Waals surface area contributed by atoms with Crippen LogP contribution in [0.2, 0.25) is 104 Å². The maximum absolute atomic E-state index is 13.5. The number of carbonyl (C=O) groups excluding carboxylic acids is 2. The molecule has 1 aromatic carbocycles. The smallest absolute Gasteiger partial charge is 0.314 e. The molecule has 2 heterocycles. The minimum atomic E-state index is -2.47. The summed E-state index contributed by atoms with van der Waals surface area (Å²) >= 11 is 5.14. The molecule has 0 atom stereocenters. The van der Waals surface area contributed by atoms with Gasteiger partial charge in [-0.15, -0.1) is 0 Å². The van der Waals surface area contributed by atoms with E-state index in [4.69, 9.17) is 32.5 Å². The summed E-state index contributed by atoms with van der Waals surface area (Å²) in [5, 5.41) is 16.1. The number of fused-ring (bicyclic) bond motifs is 2. The van der Waals surface area contributed by atoms with E-state index in [0.717, 1.165) is 12.1 Å². The Morgan fingerprint density at radius 3 is 1.22 bits per heavy atom. The molecule has 1 aromatic rings. The van der Waals surface area contributed by atoms with Crippen molar-refractivity contribution < 1.29 is 35.5 Å². The Morgan fingerprint density at radius 1 is 0.603 bits per heavy atom. The lowest BCUT2D eigenvalue weighted by molar-refractivity contribution is -0.117. The summed E-state index contributed by atoms with van der Waals surface area (Å²) in [7, 11) is -9.22. The fraction of sp³-hybridized carbons (Fsp3) is 0.611. The van der Waals surface area contributed by atoms with E-state index < -0.39 is 62.2 Å². The SMILES string of the molecule is [C-]#[N+]C(C(=O)NCCC[Si](C)(O[Si](C)(C)C)O[Si](C)(C)C)=C1Sc2c(OC)c3c(c(OC)c2S1)SC(=C(C#N)C(=O)NCCC[Si](C)(O[Si](C)(C)C)O[Si](C)(C)C)S3. The van der Waals surface area contributed by atoms with Gasteiger partial charge >= 0.3 is 17.1 Å². The number of rotatable bonds is 20. The van der Waals surface area contributed by atoms with E-state index in [0.29, 0.717) is 65.5 Å². The van der Waals surface area contributed by atoms with Crippen molar-refractivity contribution in [3.63, 3.8) is 0 Å². The van der Waals surface area contributed by atoms with E-state index >= 15 is 0 Å². The highest BCUT2D eigenvalue weighted by Gasteiger charge is 2.42. The molecule has 58 heavy (non-hydrogen) atoms. The standard InChI is InChI=1S/C36H62N4O8S4Si6/c1-38-26(34(42)40-21-19-23-58(17,47-55(10,11)12)48-56(13,14)15)36-51-31-27(43-2)29-30(28(44-3)32(31)52-36)50-35(49-29)25(24-37)33(41)39-20-18-22-57(16,45-53(4,5)6)46-54(7,8)9/h18-23H2,2-17H3,(H,39,41)(H,40,42). The highest BCUT2D eigenvalue weighted by molar-refractivity contribution is 8.26. The number of amides is 2. The molecule has 0 aliphatic carbocycles. The van der Waals surface area contributed by atoms with Crippen LogP contribution in [0.15, 0.2) is 39.3 Å². The number of benzene rings is 1. The van der Waals surface area contributed by atoms with Crippen LogP contribution in [0.1, 0.15) is 12.8 Å². The number of thioether (sulfide) groups is 4. The van der Waals surface area contributed by atoms with Crippen molar-refractivity contribution in [2.45, 2.75) is 136 Å². The average molecular weight is 976 g/mol. The predicted molar refractivity (Wildman–Crippen MR) is 255 cm³/mol. The number of nitrogens with zero attached hydrogens (tertiary/aromatic N) is 2. The molecule has 2 aliphatic heterocycles. The lowest BCUT2D eigenvalue weighted by atomic mass is 10.3. The zero-order valence-corrected chi connectivity index (χ0v) is 46.3. The van der Waals surface area contributed by atoms with Crippen molar-refractivity contribution in [1.29, 1.82) is 5.26 Å². The minimum absolute atomic E-state index is 0.00132. The lowest BCUT2D eigenvalue weighted by Gasteiger charge is -2.38. The van der Waals surface area contributed by atoms with Crippen molar-refractivity contribution in [1.82, 2.24) is 10.6 Å². The number of hydrogen-bond donors (Lipinski definition) is 2. The van der Waals surface area contributed by atoms with E-state index in [9.17, 15) is 14.9 Å². The summed E-state index contributed by atoms with van der Waals surface area (Å²) in [5.41, 5.74) is 0.0145. The van der Waals surface area contributed by atoms with Crippen molar-refractivity contribution in [3.05, 3.63) is 31.2 Å². The van der Waals surface area contributed by atoms with Crippen LogP contribution in [-0.4, -0.2) is 89.5 Å². The third-order valence-electron chi connectivity index (χ3n) is 7.76. The van der Waals surface area contributed by atoms with Crippen LogP contribution < -0.4 is 20.1 Å². The second-order valence-corrected chi connectivity index (χ2v) is 48.5. The van der Waals surface area contributed by atoms with Crippen LogP contribution in [0.3, 0.4) is 0 Å². The first-order valence-electron chi connectivity index (χ1n) is 19.2. The van der Waals surface area contributed by atoms with Crippen LogP contribution in [-0.2, 0) is 26.0 Å². The molecule has 2 aliphatic rings. The van der Waals surface area contributed by atoms with Gasteiger partial charge in [0.1, 0.15) is 23.1 Å². The Balaban J connectivity index is 1.78. The molecular weight excluding hydrogens is 913 g/mol. The van der Waals surface area contributed by atoms with Crippen LogP contribution in [0.4, 0.5) is 0 Å². The first-order chi connectivity index (χ1) is 26.6. The predicted octanol–water partition coefficient (Wildman–Crippen LogP) is 10.5. The summed E-state index contributed by atoms with van der Waals surface area (Å²) in [6.45, 7) is 39.0. The minimum Gasteiger partial charge on any atom is -0.494 e. The van der Waals surface area contributed by atoms with Gasteiger partial charge in [0.15, 0.2) is 33.3 Å². The number of methoxy groups -OCH3 is 2. The Kier molecular flexibility index (Phi) is 17.9. The maximum atomic E-state index is 13.5. The summed E-state index contributed by atoms with van der Waals surface area (Å²) < 4.78 is 39.4. The van der Waals surface area contributed by atoms with Gasteiger partial charge in [-0.1, -0.05) is 47.0 Å². The van der Waals surface area contributed by atoms with Crippen molar-refractivity contribution in [2.75, 3.05) is 27.3 Å². The molecule has 22 heteroatoms. The molecule has 0 saturated heterocycles. The quantitative estimate of drug-likeness (QED) is 0.0421. The Labute approximate surface area is 370 Å².